The van der Waals surface area contributed by atoms with Crippen molar-refractivity contribution in [3.05, 3.63) is 128 Å². The zero-order chi connectivity index (χ0) is 69.3. The summed E-state index contributed by atoms with van der Waals surface area (Å²) in [5.41, 5.74) is 14.6. The number of carbonyl (C=O) groups excluding carboxylic acids is 5. The number of sulfonamides is 2. The number of nitrogens with zero attached hydrogens (tertiary/aromatic N) is 4. The van der Waals surface area contributed by atoms with Gasteiger partial charge >= 0.3 is 6.09 Å². The van der Waals surface area contributed by atoms with Crippen LogP contribution >= 0.6 is 23.2 Å². The highest BCUT2D eigenvalue weighted by Crippen LogP contribution is 2.45. The van der Waals surface area contributed by atoms with Gasteiger partial charge in [-0.1, -0.05) is 115 Å². The number of hydrogen-bond donors (Lipinski definition) is 6. The van der Waals surface area contributed by atoms with Crippen LogP contribution in [-0.4, -0.2) is 128 Å². The van der Waals surface area contributed by atoms with Crippen LogP contribution in [-0.2, 0) is 44.0 Å². The van der Waals surface area contributed by atoms with E-state index in [4.69, 9.17) is 43.7 Å². The Labute approximate surface area is 576 Å². The molecule has 2 spiro atoms. The lowest BCUT2D eigenvalue weighted by Gasteiger charge is -2.34. The zero-order valence-electron chi connectivity index (χ0n) is 56.4. The van der Waals surface area contributed by atoms with Gasteiger partial charge in [-0.3, -0.25) is 29.2 Å². The van der Waals surface area contributed by atoms with Crippen LogP contribution < -0.4 is 32.3 Å². The van der Waals surface area contributed by atoms with Crippen LogP contribution in [0, 0.1) is 51.4 Å². The van der Waals surface area contributed by atoms with E-state index in [1.54, 1.807) is 24.3 Å². The van der Waals surface area contributed by atoms with E-state index in [1.807, 2.05) is 91.8 Å². The van der Waals surface area contributed by atoms with Gasteiger partial charge in [0.2, 0.25) is 31.9 Å². The second-order valence-electron chi connectivity index (χ2n) is 27.2. The van der Waals surface area contributed by atoms with E-state index in [0.717, 1.165) is 119 Å². The first kappa shape index (κ1) is 73.5. The molecule has 4 heterocycles. The van der Waals surface area contributed by atoms with Crippen molar-refractivity contribution >= 4 is 108 Å². The molecule has 11 rings (SSSR count). The number of hydrogen-bond acceptors (Lipinski definition) is 13. The molecule has 3 aliphatic carbocycles. The molecule has 2 saturated heterocycles. The Balaban J connectivity index is 0.000000230. The molecule has 4 aliphatic heterocycles. The third kappa shape index (κ3) is 17.2. The predicted octanol–water partition coefficient (Wildman–Crippen LogP) is 11.9. The third-order valence-corrected chi connectivity index (χ3v) is 23.1. The number of benzene rings is 4. The molecule has 0 aromatic heterocycles. The van der Waals surface area contributed by atoms with Gasteiger partial charge in [-0.25, -0.2) is 21.6 Å². The number of aliphatic imine (C=N–C) groups is 2. The Kier molecular flexibility index (Phi) is 24.3. The second-order valence-corrected chi connectivity index (χ2v) is 31.7. The second kappa shape index (κ2) is 31.8. The van der Waals surface area contributed by atoms with Crippen molar-refractivity contribution in [2.75, 3.05) is 48.8 Å². The van der Waals surface area contributed by atoms with E-state index in [9.17, 15) is 40.8 Å². The molecule has 0 bridgehead atoms. The van der Waals surface area contributed by atoms with Gasteiger partial charge in [-0.15, -0.1) is 23.2 Å². The number of fused-ring (bicyclic) bond motifs is 3. The van der Waals surface area contributed by atoms with Gasteiger partial charge in [-0.2, -0.15) is 8.61 Å². The maximum absolute atomic E-state index is 13.5. The highest BCUT2D eigenvalue weighted by atomic mass is 35.5. The van der Waals surface area contributed by atoms with Crippen LogP contribution in [0.4, 0.5) is 16.2 Å². The molecule has 7 N–H and O–H groups in total. The Bertz CT molecular complexity index is 3810. The van der Waals surface area contributed by atoms with Gasteiger partial charge in [0.25, 0.3) is 11.8 Å². The number of halogens is 2. The fourth-order valence-electron chi connectivity index (χ4n) is 14.3. The number of ether oxygens (including phenoxy) is 1. The first-order valence-corrected chi connectivity index (χ1v) is 37.8. The quantitative estimate of drug-likeness (QED) is 0.0541. The third-order valence-electron chi connectivity index (χ3n) is 19.9. The fourth-order valence-corrected chi connectivity index (χ4v) is 16.6. The van der Waals surface area contributed by atoms with Gasteiger partial charge < -0.3 is 37.1 Å². The summed E-state index contributed by atoms with van der Waals surface area (Å²) in [6.45, 7) is 16.0. The minimum atomic E-state index is -3.76. The Hall–Kier alpha value is -6.79. The molecular formula is C72H94Cl2N10O10S2. The van der Waals surface area contributed by atoms with Crippen molar-refractivity contribution in [1.29, 1.82) is 0 Å². The normalized spacial score (nSPS) is 19.8. The van der Waals surface area contributed by atoms with Gasteiger partial charge in [0.15, 0.2) is 0 Å². The molecule has 20 nitrogen and oxygen atoms in total. The van der Waals surface area contributed by atoms with Crippen LogP contribution in [0.25, 0.3) is 23.3 Å². The van der Waals surface area contributed by atoms with Crippen molar-refractivity contribution in [3.63, 3.8) is 0 Å². The molecular weight excluding hydrogens is 1300 g/mol. The average Bonchev–Trinajstić information content (AvgIpc) is 1.68. The lowest BCUT2D eigenvalue weighted by atomic mass is 9.88. The number of alkyl carbamates (subject to hydrolysis) is 1. The highest BCUT2D eigenvalue weighted by molar-refractivity contribution is 7.92. The molecule has 5 amide bonds. The Morgan fingerprint density at radius 1 is 0.615 bits per heavy atom. The van der Waals surface area contributed by atoms with Crippen molar-refractivity contribution in [2.24, 2.45) is 39.4 Å². The molecule has 4 fully saturated rings. The van der Waals surface area contributed by atoms with Crippen molar-refractivity contribution in [2.45, 2.75) is 174 Å². The number of piperidine rings is 2. The minimum Gasteiger partial charge on any atom is -0.449 e. The van der Waals surface area contributed by atoms with Gasteiger partial charge in [0, 0.05) is 66.1 Å². The van der Waals surface area contributed by atoms with Crippen LogP contribution in [0.2, 0.25) is 0 Å². The van der Waals surface area contributed by atoms with E-state index >= 15 is 0 Å². The number of aryl methyl sites for hydroxylation is 4. The lowest BCUT2D eigenvalue weighted by Crippen LogP contribution is -2.50. The lowest BCUT2D eigenvalue weighted by molar-refractivity contribution is -0.125. The first-order chi connectivity index (χ1) is 45.7. The van der Waals surface area contributed by atoms with E-state index in [1.165, 1.54) is 32.3 Å². The topological polar surface area (TPSA) is 280 Å². The Morgan fingerprint density at radius 3 is 1.36 bits per heavy atom. The van der Waals surface area contributed by atoms with Crippen molar-refractivity contribution in [3.8, 4) is 11.1 Å². The summed E-state index contributed by atoms with van der Waals surface area (Å²) in [4.78, 5) is 74.6. The van der Waals surface area contributed by atoms with Crippen LogP contribution in [0.1, 0.15) is 168 Å². The van der Waals surface area contributed by atoms with Crippen LogP contribution in [0.5, 0.6) is 0 Å². The van der Waals surface area contributed by atoms with Gasteiger partial charge in [-0.05, 0) is 183 Å². The molecule has 4 aromatic carbocycles. The van der Waals surface area contributed by atoms with Gasteiger partial charge in [0.05, 0.1) is 11.4 Å². The van der Waals surface area contributed by atoms with E-state index in [0.29, 0.717) is 43.0 Å². The summed E-state index contributed by atoms with van der Waals surface area (Å²) in [6, 6.07) is 22.0. The summed E-state index contributed by atoms with van der Waals surface area (Å²) in [7, 11) is -7.44. The van der Waals surface area contributed by atoms with Crippen molar-refractivity contribution in [1.82, 2.24) is 24.6 Å². The van der Waals surface area contributed by atoms with Crippen molar-refractivity contribution < 1.29 is 45.5 Å². The smallest absolute Gasteiger partial charge is 0.407 e. The minimum absolute atomic E-state index is 0.0167. The molecule has 2 saturated carbocycles. The largest absolute Gasteiger partial charge is 0.449 e. The molecule has 518 valence electrons. The predicted molar refractivity (Wildman–Crippen MR) is 383 cm³/mol. The van der Waals surface area contributed by atoms with E-state index in [-0.39, 0.29) is 85.4 Å². The molecule has 0 unspecified atom stereocenters. The summed E-state index contributed by atoms with van der Waals surface area (Å²) < 4.78 is 61.8. The summed E-state index contributed by atoms with van der Waals surface area (Å²) in [5, 5.41) is 17.3. The molecule has 7 aliphatic rings. The number of amides is 5. The first-order valence-electron chi connectivity index (χ1n) is 33.7. The standard InChI is InChI=1S/C43H51N5O6S.C28H41N5O4S.CH2Cl2/c1-27(2)38(45-42(51)54-26-37-35-16-10-8-14-33(35)34-15-9-11-17-36(34)37)40(49)44-31-24-28(3)32(29(4)25-31)18-23-55(52,53)48-21-19-43(20-22-48)41(50)46-39(47-43)30-12-6-5-7-13-30;1-18(2)24(29)26(34)30-22-16-19(3)23(20(4)17-22)10-15-38(36,37)33-13-11-28(12-14-33)27(35)31-25(32-28)21-8-6-5-7-9-21;2-1-3/h8-11,14-18,23-25,27,30,37-38H,5-7,12-13,19-22,26H2,1-4H3,(H,44,49)(H,45,51)(H,46,47,50);10,15-18,21,24H,5-9,11-14,29H2,1-4H3,(H,30,34)(H,31,32,35);1H2/b23-18+;15-10+;/t38-;24-;/m00./s1. The number of nitrogens with two attached hydrogens (primary N) is 1. The highest BCUT2D eigenvalue weighted by Gasteiger charge is 2.50. The molecule has 0 radical (unpaired) electrons. The number of anilines is 2. The number of carbonyl (C=O) groups is 5. The fraction of sp³-hybridized carbons (Fsp3) is 0.514. The SMILES string of the molecule is Cc1cc(NC(=O)[C@@H](N)C(C)C)cc(C)c1/C=C/S(=O)(=O)N1CCC2(CC1)N=C(C1CCCCC1)NC2=O.Cc1cc(NC(=O)[C@@H](NC(=O)OCC2c3ccccc3-c3ccccc32)C(C)C)cc(C)c1/C=C/S(=O)(=O)N1CCC2(CC1)N=C(C1CCCCC1)NC2=O.ClCCl. The molecule has 96 heavy (non-hydrogen) atoms. The summed E-state index contributed by atoms with van der Waals surface area (Å²) >= 11 is 9.53. The van der Waals surface area contributed by atoms with E-state index < -0.39 is 49.3 Å². The molecule has 24 heteroatoms. The Morgan fingerprint density at radius 2 is 0.990 bits per heavy atom. The summed E-state index contributed by atoms with van der Waals surface area (Å²) in [6.07, 6.45) is 15.2. The number of amidine groups is 2. The monoisotopic (exact) mass is 1390 g/mol. The number of nitrogens with one attached hydrogen (secondary N) is 5. The zero-order valence-corrected chi connectivity index (χ0v) is 59.6. The number of rotatable bonds is 17. The van der Waals surface area contributed by atoms with E-state index in [2.05, 4.69) is 50.8 Å². The maximum atomic E-state index is 13.5. The molecule has 4 aromatic rings. The average molecular weight is 1390 g/mol. The van der Waals surface area contributed by atoms with Crippen LogP contribution in [0.3, 0.4) is 0 Å². The molecule has 2 atom stereocenters. The van der Waals surface area contributed by atoms with Gasteiger partial charge in [0.1, 0.15) is 35.4 Å². The number of alkyl halides is 2. The maximum Gasteiger partial charge on any atom is 0.407 e. The van der Waals surface area contributed by atoms with Crippen LogP contribution in [0.15, 0.2) is 93.6 Å². The summed E-state index contributed by atoms with van der Waals surface area (Å²) in [5.74, 6) is 1.06.